The van der Waals surface area contributed by atoms with Gasteiger partial charge < -0.3 is 23.7 Å². The number of carbonyl (C=O) groups excluding carboxylic acids is 1. The first-order valence-electron chi connectivity index (χ1n) is 9.91. The minimum Gasteiger partial charge on any atom is -0.484 e. The number of ether oxygens (including phenoxy) is 2. The van der Waals surface area contributed by atoms with E-state index in [9.17, 15) is 9.59 Å². The summed E-state index contributed by atoms with van der Waals surface area (Å²) >= 11 is 0. The topological polar surface area (TPSA) is 72.2 Å². The number of hydrogen-bond donors (Lipinski definition) is 0. The molecule has 3 aromatic rings. The predicted octanol–water partition coefficient (Wildman–Crippen LogP) is 3.05. The maximum absolute atomic E-state index is 12.9. The van der Waals surface area contributed by atoms with E-state index in [1.54, 1.807) is 42.2 Å². The summed E-state index contributed by atoms with van der Waals surface area (Å²) in [4.78, 5) is 29.2. The number of para-hydroxylation sites is 1. The Morgan fingerprint density at radius 1 is 1.03 bits per heavy atom. The number of fused-ring (bicyclic) bond motifs is 1. The smallest absolute Gasteiger partial charge is 0.260 e. The highest BCUT2D eigenvalue weighted by Crippen LogP contribution is 2.27. The number of rotatable bonds is 5. The molecule has 0 saturated carbocycles. The van der Waals surface area contributed by atoms with Crippen LogP contribution in [-0.2, 0) is 4.79 Å². The Balaban J connectivity index is 1.50. The van der Waals surface area contributed by atoms with Crippen LogP contribution in [0.15, 0.2) is 57.7 Å². The molecule has 1 aliphatic rings. The SMILES string of the molecule is Cc1oc2cc(OCC(=O)N3CCN(C)CC3)ccc2c(=O)c1Oc1ccccc1. The molecule has 2 aromatic carbocycles. The van der Waals surface area contributed by atoms with Gasteiger partial charge >= 0.3 is 0 Å². The molecule has 2 heterocycles. The number of aryl methyl sites for hydroxylation is 1. The van der Waals surface area contributed by atoms with E-state index in [4.69, 9.17) is 13.9 Å². The fourth-order valence-corrected chi connectivity index (χ4v) is 3.37. The standard InChI is InChI=1S/C23H24N2O5/c1-16-23(30-17-6-4-3-5-7-17)22(27)19-9-8-18(14-20(19)29-16)28-15-21(26)25-12-10-24(2)11-13-25/h3-9,14H,10-13,15H2,1-2H3. The first kappa shape index (κ1) is 20.0. The fourth-order valence-electron chi connectivity index (χ4n) is 3.37. The maximum atomic E-state index is 12.9. The molecular weight excluding hydrogens is 384 g/mol. The Kier molecular flexibility index (Phi) is 5.72. The highest BCUT2D eigenvalue weighted by molar-refractivity contribution is 5.80. The van der Waals surface area contributed by atoms with E-state index >= 15 is 0 Å². The molecule has 0 N–H and O–H groups in total. The number of likely N-dealkylation sites (N-methyl/N-ethyl adjacent to an activating group) is 1. The van der Waals surface area contributed by atoms with Crippen LogP contribution in [0.4, 0.5) is 0 Å². The van der Waals surface area contributed by atoms with Crippen molar-refractivity contribution in [1.82, 2.24) is 9.80 Å². The minimum absolute atomic E-state index is 0.0480. The van der Waals surface area contributed by atoms with Crippen LogP contribution in [-0.4, -0.2) is 55.5 Å². The van der Waals surface area contributed by atoms with Gasteiger partial charge in [0.1, 0.15) is 22.8 Å². The quantitative estimate of drug-likeness (QED) is 0.646. The van der Waals surface area contributed by atoms with Crippen LogP contribution in [0.1, 0.15) is 5.76 Å². The van der Waals surface area contributed by atoms with Crippen molar-refractivity contribution in [1.29, 1.82) is 0 Å². The van der Waals surface area contributed by atoms with Gasteiger partial charge in [-0.15, -0.1) is 0 Å². The van der Waals surface area contributed by atoms with Crippen LogP contribution in [0, 0.1) is 6.92 Å². The number of nitrogens with zero attached hydrogens (tertiary/aromatic N) is 2. The predicted molar refractivity (Wildman–Crippen MR) is 113 cm³/mol. The van der Waals surface area contributed by atoms with Gasteiger partial charge in [0.2, 0.25) is 11.2 Å². The van der Waals surface area contributed by atoms with E-state index in [0.29, 0.717) is 41.3 Å². The zero-order valence-corrected chi connectivity index (χ0v) is 17.1. The lowest BCUT2D eigenvalue weighted by molar-refractivity contribution is -0.134. The third kappa shape index (κ3) is 4.31. The summed E-state index contributed by atoms with van der Waals surface area (Å²) in [5.74, 6) is 1.53. The van der Waals surface area contributed by atoms with Gasteiger partial charge in [0, 0.05) is 32.2 Å². The van der Waals surface area contributed by atoms with Gasteiger partial charge in [0.05, 0.1) is 5.39 Å². The molecule has 4 rings (SSSR count). The summed E-state index contributed by atoms with van der Waals surface area (Å²) in [5, 5.41) is 0.393. The summed E-state index contributed by atoms with van der Waals surface area (Å²) in [5.41, 5.74) is 0.139. The van der Waals surface area contributed by atoms with E-state index in [0.717, 1.165) is 13.1 Å². The van der Waals surface area contributed by atoms with Gasteiger partial charge in [-0.05, 0) is 38.2 Å². The molecule has 0 radical (unpaired) electrons. The van der Waals surface area contributed by atoms with Gasteiger partial charge in [-0.25, -0.2) is 0 Å². The van der Waals surface area contributed by atoms with Crippen LogP contribution >= 0.6 is 0 Å². The van der Waals surface area contributed by atoms with Gasteiger partial charge in [-0.2, -0.15) is 0 Å². The molecule has 0 atom stereocenters. The van der Waals surface area contributed by atoms with Crippen molar-refractivity contribution in [2.24, 2.45) is 0 Å². The molecule has 0 bridgehead atoms. The molecule has 7 nitrogen and oxygen atoms in total. The minimum atomic E-state index is -0.252. The number of benzene rings is 2. The zero-order valence-electron chi connectivity index (χ0n) is 17.1. The fraction of sp³-hybridized carbons (Fsp3) is 0.304. The Labute approximate surface area is 174 Å². The second-order valence-electron chi connectivity index (χ2n) is 7.36. The molecule has 30 heavy (non-hydrogen) atoms. The van der Waals surface area contributed by atoms with Crippen molar-refractivity contribution in [3.63, 3.8) is 0 Å². The van der Waals surface area contributed by atoms with Crippen LogP contribution in [0.25, 0.3) is 11.0 Å². The first-order valence-corrected chi connectivity index (χ1v) is 9.91. The summed E-state index contributed by atoms with van der Waals surface area (Å²) in [6.07, 6.45) is 0. The molecule has 1 saturated heterocycles. The molecule has 0 spiro atoms. The number of piperazine rings is 1. The van der Waals surface area contributed by atoms with E-state index in [1.165, 1.54) is 0 Å². The highest BCUT2D eigenvalue weighted by Gasteiger charge is 2.20. The van der Waals surface area contributed by atoms with Crippen LogP contribution in [0.5, 0.6) is 17.2 Å². The van der Waals surface area contributed by atoms with Crippen molar-refractivity contribution >= 4 is 16.9 Å². The Bertz CT molecular complexity index is 1100. The maximum Gasteiger partial charge on any atom is 0.260 e. The molecule has 0 unspecified atom stereocenters. The van der Waals surface area contributed by atoms with Crippen molar-refractivity contribution < 1.29 is 18.7 Å². The molecule has 0 aliphatic carbocycles. The van der Waals surface area contributed by atoms with Gasteiger partial charge in [0.15, 0.2) is 6.61 Å². The monoisotopic (exact) mass is 408 g/mol. The van der Waals surface area contributed by atoms with Gasteiger partial charge in [0.25, 0.3) is 5.91 Å². The van der Waals surface area contributed by atoms with Gasteiger partial charge in [-0.1, -0.05) is 18.2 Å². The normalized spacial score (nSPS) is 14.7. The van der Waals surface area contributed by atoms with Gasteiger partial charge in [-0.3, -0.25) is 9.59 Å². The third-order valence-electron chi connectivity index (χ3n) is 5.17. The summed E-state index contributed by atoms with van der Waals surface area (Å²) in [6.45, 7) is 4.76. The second-order valence-corrected chi connectivity index (χ2v) is 7.36. The largest absolute Gasteiger partial charge is 0.484 e. The summed E-state index contributed by atoms with van der Waals surface area (Å²) in [6, 6.07) is 14.0. The molecule has 1 aliphatic heterocycles. The Hall–Kier alpha value is -3.32. The van der Waals surface area contributed by atoms with Crippen LogP contribution in [0.2, 0.25) is 0 Å². The summed E-state index contributed by atoms with van der Waals surface area (Å²) in [7, 11) is 2.04. The Morgan fingerprint density at radius 2 is 1.77 bits per heavy atom. The molecule has 156 valence electrons. The highest BCUT2D eigenvalue weighted by atomic mass is 16.5. The number of amides is 1. The van der Waals surface area contributed by atoms with Crippen molar-refractivity contribution in [3.8, 4) is 17.2 Å². The van der Waals surface area contributed by atoms with E-state index in [1.807, 2.05) is 25.2 Å². The van der Waals surface area contributed by atoms with E-state index < -0.39 is 0 Å². The lowest BCUT2D eigenvalue weighted by Gasteiger charge is -2.32. The lowest BCUT2D eigenvalue weighted by Crippen LogP contribution is -2.48. The first-order chi connectivity index (χ1) is 14.5. The van der Waals surface area contributed by atoms with Crippen molar-refractivity contribution in [2.75, 3.05) is 39.8 Å². The lowest BCUT2D eigenvalue weighted by atomic mass is 10.2. The van der Waals surface area contributed by atoms with Crippen LogP contribution in [0.3, 0.4) is 0 Å². The molecule has 7 heteroatoms. The number of hydrogen-bond acceptors (Lipinski definition) is 6. The molecular formula is C23H24N2O5. The molecule has 1 fully saturated rings. The van der Waals surface area contributed by atoms with Crippen LogP contribution < -0.4 is 14.9 Å². The summed E-state index contributed by atoms with van der Waals surface area (Å²) < 4.78 is 17.2. The average molecular weight is 408 g/mol. The zero-order chi connectivity index (χ0) is 21.1. The second kappa shape index (κ2) is 8.59. The Morgan fingerprint density at radius 3 is 2.50 bits per heavy atom. The van der Waals surface area contributed by atoms with Crippen molar-refractivity contribution in [2.45, 2.75) is 6.92 Å². The van der Waals surface area contributed by atoms with Crippen molar-refractivity contribution in [3.05, 3.63) is 64.5 Å². The van der Waals surface area contributed by atoms with E-state index in [-0.39, 0.29) is 23.7 Å². The third-order valence-corrected chi connectivity index (χ3v) is 5.17. The molecule has 1 amide bonds. The molecule has 1 aromatic heterocycles. The van der Waals surface area contributed by atoms with E-state index in [2.05, 4.69) is 4.90 Å². The average Bonchev–Trinajstić information content (AvgIpc) is 2.76. The number of carbonyl (C=O) groups is 1.